The molecule has 15 heavy (non-hydrogen) atoms. The van der Waals surface area contributed by atoms with Crippen LogP contribution in [-0.4, -0.2) is 28.2 Å². The summed E-state index contributed by atoms with van der Waals surface area (Å²) in [5.74, 6) is 3.85. The van der Waals surface area contributed by atoms with Crippen LogP contribution in [0.25, 0.3) is 0 Å². The molecule has 0 aromatic carbocycles. The molecule has 1 aromatic rings. The first-order valence-corrected chi connectivity index (χ1v) is 6.60. The molecule has 0 radical (unpaired) electrons. The maximum Gasteiger partial charge on any atom is 0.197 e. The van der Waals surface area contributed by atoms with Gasteiger partial charge in [-0.25, -0.2) is 4.98 Å². The normalized spacial score (nSPS) is 20.4. The van der Waals surface area contributed by atoms with Crippen LogP contribution in [-0.2, 0) is 0 Å². The van der Waals surface area contributed by atoms with Gasteiger partial charge in [0.25, 0.3) is 0 Å². The molecule has 1 aliphatic heterocycles. The lowest BCUT2D eigenvalue weighted by Crippen LogP contribution is -2.08. The maximum absolute atomic E-state index is 9.02. The van der Waals surface area contributed by atoms with Gasteiger partial charge in [0.15, 0.2) is 5.89 Å². The smallest absolute Gasteiger partial charge is 0.197 e. The lowest BCUT2D eigenvalue weighted by Gasteiger charge is -2.17. The zero-order chi connectivity index (χ0) is 10.7. The zero-order valence-corrected chi connectivity index (χ0v) is 9.80. The van der Waals surface area contributed by atoms with Gasteiger partial charge in [-0.05, 0) is 24.3 Å². The molecule has 84 valence electrons. The van der Waals surface area contributed by atoms with Crippen molar-refractivity contribution in [3.8, 4) is 0 Å². The average molecular weight is 227 g/mol. The van der Waals surface area contributed by atoms with E-state index < -0.39 is 0 Å². The van der Waals surface area contributed by atoms with E-state index in [9.17, 15) is 0 Å². The van der Waals surface area contributed by atoms with E-state index in [1.165, 1.54) is 11.5 Å². The van der Waals surface area contributed by atoms with Crippen LogP contribution in [0.3, 0.4) is 0 Å². The molecular weight excluding hydrogens is 210 g/mol. The van der Waals surface area contributed by atoms with Gasteiger partial charge in [0, 0.05) is 11.8 Å². The van der Waals surface area contributed by atoms with E-state index in [1.54, 1.807) is 6.26 Å². The minimum atomic E-state index is 0.0838. The molecule has 0 aliphatic carbocycles. The van der Waals surface area contributed by atoms with E-state index in [0.717, 1.165) is 24.4 Å². The minimum Gasteiger partial charge on any atom is -0.448 e. The number of hydrogen-bond acceptors (Lipinski definition) is 4. The second-order valence-corrected chi connectivity index (χ2v) is 5.31. The van der Waals surface area contributed by atoms with Crippen LogP contribution in [0.15, 0.2) is 10.7 Å². The first-order valence-electron chi connectivity index (χ1n) is 5.45. The summed E-state index contributed by atoms with van der Waals surface area (Å²) < 4.78 is 5.50. The van der Waals surface area contributed by atoms with Gasteiger partial charge in [0.1, 0.15) is 6.26 Å². The summed E-state index contributed by atoms with van der Waals surface area (Å²) in [7, 11) is 0. The second kappa shape index (κ2) is 5.03. The molecule has 1 N–H and O–H groups in total. The van der Waals surface area contributed by atoms with E-state index in [2.05, 4.69) is 4.98 Å². The Labute approximate surface area is 94.3 Å². The van der Waals surface area contributed by atoms with E-state index in [0.29, 0.717) is 5.92 Å². The van der Waals surface area contributed by atoms with Crippen molar-refractivity contribution in [3.05, 3.63) is 17.8 Å². The van der Waals surface area contributed by atoms with Crippen molar-refractivity contribution in [2.24, 2.45) is 0 Å². The minimum absolute atomic E-state index is 0.0838. The Balaban J connectivity index is 2.05. The third kappa shape index (κ3) is 2.55. The van der Waals surface area contributed by atoms with Crippen molar-refractivity contribution >= 4 is 11.8 Å². The summed E-state index contributed by atoms with van der Waals surface area (Å²) in [5, 5.41) is 9.02. The van der Waals surface area contributed by atoms with Gasteiger partial charge in [0.05, 0.1) is 12.3 Å². The maximum atomic E-state index is 9.02. The van der Waals surface area contributed by atoms with Crippen molar-refractivity contribution < 1.29 is 9.52 Å². The third-order valence-corrected chi connectivity index (χ3v) is 3.94. The highest BCUT2D eigenvalue weighted by Gasteiger charge is 2.21. The van der Waals surface area contributed by atoms with Crippen LogP contribution >= 0.6 is 11.8 Å². The summed E-state index contributed by atoms with van der Waals surface area (Å²) in [6, 6.07) is 0. The van der Waals surface area contributed by atoms with Crippen LogP contribution in [0.2, 0.25) is 0 Å². The highest BCUT2D eigenvalue weighted by atomic mass is 32.2. The van der Waals surface area contributed by atoms with Crippen molar-refractivity contribution in [3.63, 3.8) is 0 Å². The van der Waals surface area contributed by atoms with E-state index in [-0.39, 0.29) is 12.5 Å². The molecule has 2 heterocycles. The van der Waals surface area contributed by atoms with Crippen molar-refractivity contribution in [1.82, 2.24) is 4.98 Å². The van der Waals surface area contributed by atoms with Crippen LogP contribution < -0.4 is 0 Å². The molecule has 0 bridgehead atoms. The van der Waals surface area contributed by atoms with E-state index in [4.69, 9.17) is 9.52 Å². The van der Waals surface area contributed by atoms with Gasteiger partial charge in [-0.1, -0.05) is 6.92 Å². The Morgan fingerprint density at radius 3 is 3.00 bits per heavy atom. The Hall–Kier alpha value is -0.480. The summed E-state index contributed by atoms with van der Waals surface area (Å²) in [6.45, 7) is 2.09. The quantitative estimate of drug-likeness (QED) is 0.861. The number of thioether (sulfide) groups is 1. The number of aliphatic hydroxyl groups is 1. The molecule has 1 unspecified atom stereocenters. The fourth-order valence-electron chi connectivity index (χ4n) is 1.75. The molecule has 0 saturated carbocycles. The summed E-state index contributed by atoms with van der Waals surface area (Å²) in [4.78, 5) is 4.47. The van der Waals surface area contributed by atoms with Crippen molar-refractivity contribution in [1.29, 1.82) is 0 Å². The molecule has 0 spiro atoms. The number of aromatic nitrogens is 1. The van der Waals surface area contributed by atoms with Crippen LogP contribution in [0, 0.1) is 0 Å². The van der Waals surface area contributed by atoms with Crippen molar-refractivity contribution in [2.45, 2.75) is 31.6 Å². The predicted molar refractivity (Wildman–Crippen MR) is 61.3 cm³/mol. The first-order chi connectivity index (χ1) is 7.31. The van der Waals surface area contributed by atoms with Gasteiger partial charge in [-0.2, -0.15) is 11.8 Å². The topological polar surface area (TPSA) is 46.3 Å². The molecule has 4 heteroatoms. The number of oxazole rings is 1. The highest BCUT2D eigenvalue weighted by molar-refractivity contribution is 7.99. The summed E-state index contributed by atoms with van der Waals surface area (Å²) in [6.07, 6.45) is 4.02. The predicted octanol–water partition coefficient (Wildman–Crippen LogP) is 2.38. The average Bonchev–Trinajstić information content (AvgIpc) is 2.78. The summed E-state index contributed by atoms with van der Waals surface area (Å²) in [5.41, 5.74) is 0.880. The largest absolute Gasteiger partial charge is 0.448 e. The Morgan fingerprint density at radius 1 is 1.60 bits per heavy atom. The molecular formula is C11H17NO2S. The van der Waals surface area contributed by atoms with Crippen LogP contribution in [0.5, 0.6) is 0 Å². The third-order valence-electron chi connectivity index (χ3n) is 2.89. The zero-order valence-electron chi connectivity index (χ0n) is 8.98. The first kappa shape index (κ1) is 11.0. The van der Waals surface area contributed by atoms with Gasteiger partial charge in [-0.15, -0.1) is 0 Å². The van der Waals surface area contributed by atoms with Crippen LogP contribution in [0.1, 0.15) is 43.2 Å². The molecule has 1 saturated heterocycles. The fraction of sp³-hybridized carbons (Fsp3) is 0.727. The van der Waals surface area contributed by atoms with E-state index in [1.807, 2.05) is 18.7 Å². The lowest BCUT2D eigenvalue weighted by molar-refractivity contribution is 0.271. The van der Waals surface area contributed by atoms with Gasteiger partial charge in [0.2, 0.25) is 0 Å². The van der Waals surface area contributed by atoms with E-state index >= 15 is 0 Å². The van der Waals surface area contributed by atoms with Crippen molar-refractivity contribution in [2.75, 3.05) is 18.1 Å². The highest BCUT2D eigenvalue weighted by Crippen LogP contribution is 2.31. The fourth-order valence-corrected chi connectivity index (χ4v) is 2.86. The molecule has 3 nitrogen and oxygen atoms in total. The van der Waals surface area contributed by atoms with Gasteiger partial charge >= 0.3 is 0 Å². The second-order valence-electron chi connectivity index (χ2n) is 4.08. The molecule has 0 amide bonds. The number of rotatable bonds is 3. The number of aliphatic hydroxyl groups excluding tert-OH is 1. The lowest BCUT2D eigenvalue weighted by atomic mass is 10.0. The Bertz CT molecular complexity index is 307. The molecule has 2 rings (SSSR count). The molecule has 1 atom stereocenters. The number of hydrogen-bond donors (Lipinski definition) is 1. The molecule has 1 aliphatic rings. The van der Waals surface area contributed by atoms with Gasteiger partial charge in [-0.3, -0.25) is 0 Å². The molecule has 1 fully saturated rings. The SMILES string of the molecule is CC(CO)c1coc(C2CCSCC2)n1. The Kier molecular flexibility index (Phi) is 3.70. The molecule has 1 aromatic heterocycles. The van der Waals surface area contributed by atoms with Gasteiger partial charge < -0.3 is 9.52 Å². The number of nitrogens with zero attached hydrogens (tertiary/aromatic N) is 1. The summed E-state index contributed by atoms with van der Waals surface area (Å²) >= 11 is 2.00. The Morgan fingerprint density at radius 2 is 2.33 bits per heavy atom. The van der Waals surface area contributed by atoms with Crippen LogP contribution in [0.4, 0.5) is 0 Å². The monoisotopic (exact) mass is 227 g/mol. The standard InChI is InChI=1S/C11H17NO2S/c1-8(6-13)10-7-14-11(12-10)9-2-4-15-5-3-9/h7-9,13H,2-6H2,1H3.